The minimum Gasteiger partial charge on any atom is -0.379 e. The molecule has 198 valence electrons. The maximum atomic E-state index is 13.4. The van der Waals surface area contributed by atoms with E-state index in [2.05, 4.69) is 25.9 Å². The summed E-state index contributed by atoms with van der Waals surface area (Å²) in [5, 5.41) is 9.92. The van der Waals surface area contributed by atoms with Gasteiger partial charge in [0.05, 0.1) is 38.6 Å². The fraction of sp³-hybridized carbons (Fsp3) is 0.357. The van der Waals surface area contributed by atoms with Crippen LogP contribution in [0.25, 0.3) is 11.0 Å². The van der Waals surface area contributed by atoms with Crippen molar-refractivity contribution in [2.24, 2.45) is 13.0 Å². The fourth-order valence-electron chi connectivity index (χ4n) is 4.95. The van der Waals surface area contributed by atoms with Gasteiger partial charge in [-0.25, -0.2) is 4.98 Å². The van der Waals surface area contributed by atoms with Gasteiger partial charge in [-0.1, -0.05) is 37.3 Å². The van der Waals surface area contributed by atoms with Crippen molar-refractivity contribution in [2.75, 3.05) is 10.6 Å². The van der Waals surface area contributed by atoms with E-state index in [1.807, 2.05) is 48.9 Å². The van der Waals surface area contributed by atoms with Gasteiger partial charge in [-0.15, -0.1) is 11.3 Å². The zero-order valence-electron chi connectivity index (χ0n) is 21.5. The molecule has 0 aliphatic heterocycles. The highest BCUT2D eigenvalue weighted by Gasteiger charge is 2.27. The lowest BCUT2D eigenvalue weighted by Crippen LogP contribution is -2.44. The molecule has 38 heavy (non-hydrogen) atoms. The second-order valence-electron chi connectivity index (χ2n) is 9.87. The largest absolute Gasteiger partial charge is 0.379 e. The number of carbonyl (C=O) groups is 2. The van der Waals surface area contributed by atoms with Crippen molar-refractivity contribution in [3.05, 3.63) is 69.4 Å². The molecule has 5 rings (SSSR count). The second-order valence-corrected chi connectivity index (χ2v) is 11.5. The number of nitrogens with zero attached hydrogens (tertiary/aromatic N) is 3. The summed E-state index contributed by atoms with van der Waals surface area (Å²) in [6.45, 7) is 2.46. The smallest absolute Gasteiger partial charge is 0.262 e. The molecule has 1 aromatic carbocycles. The molecule has 4 aromatic rings. The van der Waals surface area contributed by atoms with E-state index in [0.717, 1.165) is 40.1 Å². The van der Waals surface area contributed by atoms with Crippen LogP contribution in [-0.4, -0.2) is 32.4 Å². The quantitative estimate of drug-likeness (QED) is 0.240. The molecule has 3 heterocycles. The zero-order chi connectivity index (χ0) is 26.6. The average molecular weight is 551 g/mol. The van der Waals surface area contributed by atoms with Gasteiger partial charge < -0.3 is 20.5 Å². The Bertz CT molecular complexity index is 1460. The minimum atomic E-state index is -0.617. The molecule has 1 saturated carbocycles. The average Bonchev–Trinajstić information content (AvgIpc) is 3.66. The maximum absolute atomic E-state index is 13.4. The third-order valence-electron chi connectivity index (χ3n) is 7.05. The third kappa shape index (κ3) is 6.16. The number of fused-ring (bicyclic) bond motifs is 1. The molecule has 1 fully saturated rings. The van der Waals surface area contributed by atoms with Gasteiger partial charge in [-0.2, -0.15) is 0 Å². The number of benzene rings is 1. The molecular weight excluding hydrogens is 520 g/mol. The third-order valence-corrected chi connectivity index (χ3v) is 8.34. The van der Waals surface area contributed by atoms with Crippen LogP contribution in [0.3, 0.4) is 0 Å². The zero-order valence-corrected chi connectivity index (χ0v) is 23.0. The Hall–Kier alpha value is -3.43. The van der Waals surface area contributed by atoms with Gasteiger partial charge in [-0.3, -0.25) is 14.6 Å². The van der Waals surface area contributed by atoms with Crippen LogP contribution in [0.5, 0.6) is 0 Å². The monoisotopic (exact) mass is 550 g/mol. The van der Waals surface area contributed by atoms with Crippen LogP contribution in [0.15, 0.2) is 48.9 Å². The number of amides is 2. The Morgan fingerprint density at radius 3 is 2.79 bits per heavy atom. The highest BCUT2D eigenvalue weighted by molar-refractivity contribution is 7.14. The number of hydrogen-bond acceptors (Lipinski definition) is 6. The van der Waals surface area contributed by atoms with Gasteiger partial charge >= 0.3 is 0 Å². The summed E-state index contributed by atoms with van der Waals surface area (Å²) >= 11 is 7.47. The molecular formula is C28H31ClN6O2S. The van der Waals surface area contributed by atoms with Crippen molar-refractivity contribution >= 4 is 57.2 Å². The van der Waals surface area contributed by atoms with Gasteiger partial charge in [0.25, 0.3) is 5.91 Å². The van der Waals surface area contributed by atoms with E-state index in [1.54, 1.807) is 18.6 Å². The van der Waals surface area contributed by atoms with Crippen LogP contribution < -0.4 is 16.0 Å². The van der Waals surface area contributed by atoms with Gasteiger partial charge in [-0.05, 0) is 55.7 Å². The molecule has 1 unspecified atom stereocenters. The Morgan fingerprint density at radius 2 is 1.97 bits per heavy atom. The number of thiophene rings is 1. The first-order valence-corrected chi connectivity index (χ1v) is 14.0. The Morgan fingerprint density at radius 1 is 1.16 bits per heavy atom. The molecule has 0 radical (unpaired) electrons. The number of aryl methyl sites for hydroxylation is 2. The second kappa shape index (κ2) is 11.5. The van der Waals surface area contributed by atoms with Crippen LogP contribution in [0.1, 0.15) is 52.3 Å². The lowest BCUT2D eigenvalue weighted by Gasteiger charge is -2.21. The Labute approximate surface area is 230 Å². The van der Waals surface area contributed by atoms with Crippen LogP contribution in [0.4, 0.5) is 11.4 Å². The predicted molar refractivity (Wildman–Crippen MR) is 153 cm³/mol. The maximum Gasteiger partial charge on any atom is 0.262 e. The van der Waals surface area contributed by atoms with E-state index in [4.69, 9.17) is 11.6 Å². The molecule has 1 atom stereocenters. The first kappa shape index (κ1) is 26.2. The van der Waals surface area contributed by atoms with Crippen LogP contribution in [0.2, 0.25) is 5.02 Å². The van der Waals surface area contributed by atoms with Gasteiger partial charge in [0.1, 0.15) is 6.04 Å². The van der Waals surface area contributed by atoms with Crippen molar-refractivity contribution in [3.8, 4) is 0 Å². The van der Waals surface area contributed by atoms with Crippen LogP contribution in [0, 0.1) is 12.8 Å². The molecule has 2 amide bonds. The lowest BCUT2D eigenvalue weighted by atomic mass is 9.97. The number of pyridine rings is 1. The molecule has 8 nitrogen and oxygen atoms in total. The molecule has 3 aromatic heterocycles. The van der Waals surface area contributed by atoms with Crippen molar-refractivity contribution in [1.82, 2.24) is 19.9 Å². The number of aromatic nitrogens is 3. The summed E-state index contributed by atoms with van der Waals surface area (Å²) in [7, 11) is 1.93. The number of imidazole rings is 1. The van der Waals surface area contributed by atoms with Crippen molar-refractivity contribution in [1.29, 1.82) is 0 Å². The summed E-state index contributed by atoms with van der Waals surface area (Å²) in [6, 6.07) is 10.6. The summed E-state index contributed by atoms with van der Waals surface area (Å²) in [4.78, 5) is 36.8. The molecule has 0 bridgehead atoms. The predicted octanol–water partition coefficient (Wildman–Crippen LogP) is 5.92. The van der Waals surface area contributed by atoms with Crippen molar-refractivity contribution in [3.63, 3.8) is 0 Å². The highest BCUT2D eigenvalue weighted by atomic mass is 35.5. The molecule has 0 saturated heterocycles. The van der Waals surface area contributed by atoms with Gasteiger partial charge in [0, 0.05) is 30.4 Å². The number of anilines is 2. The highest BCUT2D eigenvalue weighted by Crippen LogP contribution is 2.29. The summed E-state index contributed by atoms with van der Waals surface area (Å²) < 4.78 is 1.93. The number of rotatable bonds is 9. The topological polar surface area (TPSA) is 101 Å². The first-order valence-electron chi connectivity index (χ1n) is 12.8. The number of nitrogens with one attached hydrogen (secondary N) is 3. The van der Waals surface area contributed by atoms with Crippen LogP contribution >= 0.6 is 22.9 Å². The van der Waals surface area contributed by atoms with Crippen molar-refractivity contribution in [2.45, 2.75) is 51.6 Å². The summed E-state index contributed by atoms with van der Waals surface area (Å²) in [5.41, 5.74) is 4.18. The Kier molecular flexibility index (Phi) is 7.95. The summed E-state index contributed by atoms with van der Waals surface area (Å²) in [5.74, 6) is -0.00921. The lowest BCUT2D eigenvalue weighted by molar-refractivity contribution is -0.118. The van der Waals surface area contributed by atoms with Gasteiger partial charge in [0.2, 0.25) is 5.91 Å². The van der Waals surface area contributed by atoms with E-state index in [-0.39, 0.29) is 11.8 Å². The van der Waals surface area contributed by atoms with Crippen LogP contribution in [-0.2, 0) is 18.4 Å². The van der Waals surface area contributed by atoms with E-state index < -0.39 is 6.04 Å². The molecule has 1 aliphatic carbocycles. The molecule has 3 N–H and O–H groups in total. The molecule has 0 spiro atoms. The van der Waals surface area contributed by atoms with E-state index >= 15 is 0 Å². The standard InChI is InChI=1S/C28H31ClN6O2S/c1-17-22(12-19(29)14-30-17)31-15-21-8-10-26(38-21)28(37)34-24(11-18-5-3-4-6-18)27(36)33-20-7-9-25-23(13-20)32-16-35(25)2/h7-10,12-14,16,18,24,31H,3-6,11,15H2,1-2H3,(H,33,36)(H,34,37). The van der Waals surface area contributed by atoms with Gasteiger partial charge in [0.15, 0.2) is 0 Å². The Balaban J connectivity index is 1.25. The van der Waals surface area contributed by atoms with E-state index in [1.165, 1.54) is 24.2 Å². The minimum absolute atomic E-state index is 0.206. The molecule has 10 heteroatoms. The number of carbonyl (C=O) groups excluding carboxylic acids is 2. The first-order chi connectivity index (χ1) is 18.4. The summed E-state index contributed by atoms with van der Waals surface area (Å²) in [6.07, 6.45) is 8.52. The number of hydrogen-bond donors (Lipinski definition) is 3. The van der Waals surface area contributed by atoms with E-state index in [9.17, 15) is 9.59 Å². The molecule has 1 aliphatic rings. The van der Waals surface area contributed by atoms with E-state index in [0.29, 0.717) is 34.5 Å². The SMILES string of the molecule is Cc1ncc(Cl)cc1NCc1ccc(C(=O)NC(CC2CCCC2)C(=O)Nc2ccc3c(c2)ncn3C)s1. The number of halogens is 1. The fourth-order valence-corrected chi connectivity index (χ4v) is 5.96. The van der Waals surface area contributed by atoms with Crippen molar-refractivity contribution < 1.29 is 9.59 Å². The normalized spacial score (nSPS) is 14.5.